The molecule has 1 aromatic carbocycles. The first-order valence-corrected chi connectivity index (χ1v) is 6.95. The number of anilines is 1. The van der Waals surface area contributed by atoms with Gasteiger partial charge in [-0.2, -0.15) is 0 Å². The molecule has 1 aliphatic rings. The van der Waals surface area contributed by atoms with Crippen LogP contribution >= 0.6 is 12.4 Å². The summed E-state index contributed by atoms with van der Waals surface area (Å²) in [6, 6.07) is 6.03. The molecule has 4 nitrogen and oxygen atoms in total. The molecule has 1 amide bonds. The zero-order valence-electron chi connectivity index (χ0n) is 12.2. The van der Waals surface area contributed by atoms with Crippen LogP contribution in [0.25, 0.3) is 0 Å². The number of nitrogens with one attached hydrogen (secondary N) is 2. The minimum Gasteiger partial charge on any atom is -0.325 e. The maximum absolute atomic E-state index is 12.0. The summed E-state index contributed by atoms with van der Waals surface area (Å²) < 4.78 is 0. The highest BCUT2D eigenvalue weighted by atomic mass is 35.5. The topological polar surface area (TPSA) is 44.4 Å². The zero-order chi connectivity index (χ0) is 13.7. The molecular formula is C15H24ClN3O. The van der Waals surface area contributed by atoms with Gasteiger partial charge in [0.1, 0.15) is 0 Å². The van der Waals surface area contributed by atoms with Gasteiger partial charge < -0.3 is 10.6 Å². The molecule has 0 aromatic heterocycles. The van der Waals surface area contributed by atoms with Crippen molar-refractivity contribution in [3.8, 4) is 0 Å². The first kappa shape index (κ1) is 17.0. The van der Waals surface area contributed by atoms with Crippen molar-refractivity contribution >= 4 is 24.0 Å². The van der Waals surface area contributed by atoms with Crippen LogP contribution in [0.3, 0.4) is 0 Å². The third-order valence-electron chi connectivity index (χ3n) is 3.59. The largest absolute Gasteiger partial charge is 0.325 e. The molecule has 1 heterocycles. The van der Waals surface area contributed by atoms with Crippen molar-refractivity contribution in [3.63, 3.8) is 0 Å². The molecule has 0 spiro atoms. The SMILES string of the molecule is Cc1ccc(NC(=O)CN2CCCNCC2)cc1C.Cl. The summed E-state index contributed by atoms with van der Waals surface area (Å²) in [5, 5.41) is 6.32. The minimum atomic E-state index is 0. The first-order valence-electron chi connectivity index (χ1n) is 6.95. The van der Waals surface area contributed by atoms with E-state index in [2.05, 4.69) is 29.4 Å². The lowest BCUT2D eigenvalue weighted by Crippen LogP contribution is -2.35. The molecule has 0 unspecified atom stereocenters. The summed E-state index contributed by atoms with van der Waals surface area (Å²) in [6.07, 6.45) is 1.11. The van der Waals surface area contributed by atoms with Crippen LogP contribution in [0.5, 0.6) is 0 Å². The summed E-state index contributed by atoms with van der Waals surface area (Å²) in [5.74, 6) is 0.0742. The van der Waals surface area contributed by atoms with Crippen LogP contribution in [-0.4, -0.2) is 43.5 Å². The molecule has 0 bridgehead atoms. The summed E-state index contributed by atoms with van der Waals surface area (Å²) in [4.78, 5) is 14.2. The Morgan fingerprint density at radius 3 is 2.80 bits per heavy atom. The van der Waals surface area contributed by atoms with Crippen molar-refractivity contribution in [2.45, 2.75) is 20.3 Å². The average molecular weight is 298 g/mol. The number of hydrogen-bond donors (Lipinski definition) is 2. The second-order valence-electron chi connectivity index (χ2n) is 5.23. The molecule has 0 atom stereocenters. The molecule has 20 heavy (non-hydrogen) atoms. The molecule has 0 saturated carbocycles. The molecule has 1 aliphatic heterocycles. The summed E-state index contributed by atoms with van der Waals surface area (Å²) in [6.45, 7) is 8.57. The van der Waals surface area contributed by atoms with E-state index < -0.39 is 0 Å². The van der Waals surface area contributed by atoms with Gasteiger partial charge in [-0.25, -0.2) is 0 Å². The highest BCUT2D eigenvalue weighted by molar-refractivity contribution is 5.92. The van der Waals surface area contributed by atoms with E-state index in [0.29, 0.717) is 6.54 Å². The Labute approximate surface area is 127 Å². The van der Waals surface area contributed by atoms with Crippen molar-refractivity contribution in [3.05, 3.63) is 29.3 Å². The molecule has 0 aliphatic carbocycles. The van der Waals surface area contributed by atoms with Gasteiger partial charge in [0.15, 0.2) is 0 Å². The van der Waals surface area contributed by atoms with Gasteiger partial charge in [-0.05, 0) is 56.6 Å². The Morgan fingerprint density at radius 1 is 1.25 bits per heavy atom. The maximum atomic E-state index is 12.0. The van der Waals surface area contributed by atoms with Gasteiger partial charge in [0.25, 0.3) is 0 Å². The van der Waals surface area contributed by atoms with E-state index in [4.69, 9.17) is 0 Å². The number of amides is 1. The number of rotatable bonds is 3. The van der Waals surface area contributed by atoms with Gasteiger partial charge >= 0.3 is 0 Å². The van der Waals surface area contributed by atoms with E-state index in [0.717, 1.165) is 38.3 Å². The molecule has 112 valence electrons. The van der Waals surface area contributed by atoms with Gasteiger partial charge in [-0.3, -0.25) is 9.69 Å². The van der Waals surface area contributed by atoms with Crippen molar-refractivity contribution in [1.82, 2.24) is 10.2 Å². The van der Waals surface area contributed by atoms with Crippen molar-refractivity contribution in [2.24, 2.45) is 0 Å². The Balaban J connectivity index is 0.00000200. The van der Waals surface area contributed by atoms with Crippen molar-refractivity contribution < 1.29 is 4.79 Å². The van der Waals surface area contributed by atoms with Gasteiger partial charge in [0.2, 0.25) is 5.91 Å². The lowest BCUT2D eigenvalue weighted by atomic mass is 10.1. The third kappa shape index (κ3) is 5.12. The zero-order valence-corrected chi connectivity index (χ0v) is 13.1. The van der Waals surface area contributed by atoms with Crippen LogP contribution in [-0.2, 0) is 4.79 Å². The smallest absolute Gasteiger partial charge is 0.238 e. The average Bonchev–Trinajstić information content (AvgIpc) is 2.62. The minimum absolute atomic E-state index is 0. The number of hydrogen-bond acceptors (Lipinski definition) is 3. The Hall–Kier alpha value is -1.10. The van der Waals surface area contributed by atoms with Gasteiger partial charge in [-0.1, -0.05) is 6.07 Å². The third-order valence-corrected chi connectivity index (χ3v) is 3.59. The fraction of sp³-hybridized carbons (Fsp3) is 0.533. The lowest BCUT2D eigenvalue weighted by molar-refractivity contribution is -0.117. The van der Waals surface area contributed by atoms with Gasteiger partial charge in [0.05, 0.1) is 6.54 Å². The van der Waals surface area contributed by atoms with Crippen molar-refractivity contribution in [1.29, 1.82) is 0 Å². The standard InChI is InChI=1S/C15H23N3O.ClH/c1-12-4-5-14(10-13(12)2)17-15(19)11-18-8-3-6-16-7-9-18;/h4-5,10,16H,3,6-9,11H2,1-2H3,(H,17,19);1H. The molecule has 2 N–H and O–H groups in total. The summed E-state index contributed by atoms with van der Waals surface area (Å²) in [7, 11) is 0. The highest BCUT2D eigenvalue weighted by Gasteiger charge is 2.12. The normalized spacial score (nSPS) is 16.1. The van der Waals surface area contributed by atoms with E-state index in [1.54, 1.807) is 0 Å². The monoisotopic (exact) mass is 297 g/mol. The van der Waals surface area contributed by atoms with E-state index >= 15 is 0 Å². The first-order chi connectivity index (χ1) is 9.15. The molecule has 0 radical (unpaired) electrons. The van der Waals surface area contributed by atoms with E-state index in [1.165, 1.54) is 11.1 Å². The van der Waals surface area contributed by atoms with Crippen molar-refractivity contribution in [2.75, 3.05) is 38.0 Å². The molecule has 2 rings (SSSR count). The Kier molecular flexibility index (Phi) is 6.99. The highest BCUT2D eigenvalue weighted by Crippen LogP contribution is 2.14. The summed E-state index contributed by atoms with van der Waals surface area (Å²) in [5.41, 5.74) is 3.34. The second-order valence-corrected chi connectivity index (χ2v) is 5.23. The lowest BCUT2D eigenvalue weighted by Gasteiger charge is -2.18. The number of benzene rings is 1. The molecular weight excluding hydrogens is 274 g/mol. The summed E-state index contributed by atoms with van der Waals surface area (Å²) >= 11 is 0. The Morgan fingerprint density at radius 2 is 2.05 bits per heavy atom. The Bertz CT molecular complexity index is 443. The van der Waals surface area contributed by atoms with Crippen LogP contribution in [0.2, 0.25) is 0 Å². The predicted octanol–water partition coefficient (Wildman–Crippen LogP) is 1.96. The van der Waals surface area contributed by atoms with E-state index in [9.17, 15) is 4.79 Å². The number of carbonyl (C=O) groups is 1. The number of halogens is 1. The van der Waals surface area contributed by atoms with Gasteiger partial charge in [0, 0.05) is 18.8 Å². The molecule has 1 fully saturated rings. The van der Waals surface area contributed by atoms with Gasteiger partial charge in [-0.15, -0.1) is 12.4 Å². The second kappa shape index (κ2) is 8.25. The van der Waals surface area contributed by atoms with Crippen LogP contribution in [0.15, 0.2) is 18.2 Å². The van der Waals surface area contributed by atoms with Crippen LogP contribution in [0.4, 0.5) is 5.69 Å². The number of nitrogens with zero attached hydrogens (tertiary/aromatic N) is 1. The number of aryl methyl sites for hydroxylation is 2. The van der Waals surface area contributed by atoms with Crippen LogP contribution in [0, 0.1) is 13.8 Å². The fourth-order valence-electron chi connectivity index (χ4n) is 2.28. The van der Waals surface area contributed by atoms with E-state index in [1.807, 2.05) is 18.2 Å². The maximum Gasteiger partial charge on any atom is 0.238 e. The fourth-order valence-corrected chi connectivity index (χ4v) is 2.28. The van der Waals surface area contributed by atoms with Crippen LogP contribution in [0.1, 0.15) is 17.5 Å². The van der Waals surface area contributed by atoms with Crippen LogP contribution < -0.4 is 10.6 Å². The molecule has 5 heteroatoms. The molecule has 1 saturated heterocycles. The quantitative estimate of drug-likeness (QED) is 0.896. The molecule has 1 aromatic rings. The predicted molar refractivity (Wildman–Crippen MR) is 85.7 cm³/mol. The number of carbonyl (C=O) groups excluding carboxylic acids is 1. The van der Waals surface area contributed by atoms with E-state index in [-0.39, 0.29) is 18.3 Å².